The van der Waals surface area contributed by atoms with Gasteiger partial charge in [0.1, 0.15) is 5.75 Å². The fraction of sp³-hybridized carbons (Fsp3) is 0.571. The van der Waals surface area contributed by atoms with Gasteiger partial charge in [0.05, 0.1) is 6.61 Å². The molecule has 17 heavy (non-hydrogen) atoms. The zero-order valence-corrected chi connectivity index (χ0v) is 11.5. The highest BCUT2D eigenvalue weighted by Crippen LogP contribution is 2.39. The van der Waals surface area contributed by atoms with Crippen LogP contribution < -0.4 is 10.1 Å². The lowest BCUT2D eigenvalue weighted by atomic mass is 9.90. The second kappa shape index (κ2) is 5.28. The molecule has 1 aliphatic rings. The normalized spacial score (nSPS) is 23.1. The van der Waals surface area contributed by atoms with Gasteiger partial charge >= 0.3 is 0 Å². The van der Waals surface area contributed by atoms with Crippen LogP contribution >= 0.6 is 11.6 Å². The van der Waals surface area contributed by atoms with Crippen molar-refractivity contribution in [1.82, 2.24) is 5.32 Å². The van der Waals surface area contributed by atoms with Crippen LogP contribution in [-0.4, -0.2) is 13.2 Å². The molecule has 2 unspecified atom stereocenters. The number of halogens is 1. The Hall–Kier alpha value is -0.730. The maximum Gasteiger partial charge on any atom is 0.127 e. The zero-order valence-electron chi connectivity index (χ0n) is 10.7. The third-order valence-electron chi connectivity index (χ3n) is 3.28. The van der Waals surface area contributed by atoms with Gasteiger partial charge in [-0.25, -0.2) is 0 Å². The van der Waals surface area contributed by atoms with E-state index in [0.717, 1.165) is 35.9 Å². The lowest BCUT2D eigenvalue weighted by Crippen LogP contribution is -2.34. The Morgan fingerprint density at radius 1 is 1.47 bits per heavy atom. The molecule has 0 bridgehead atoms. The van der Waals surface area contributed by atoms with E-state index in [2.05, 4.69) is 26.1 Å². The van der Waals surface area contributed by atoms with Crippen LogP contribution in [-0.2, 0) is 0 Å². The van der Waals surface area contributed by atoms with Crippen molar-refractivity contribution in [3.63, 3.8) is 0 Å². The van der Waals surface area contributed by atoms with Crippen LogP contribution in [0.1, 0.15) is 37.4 Å². The van der Waals surface area contributed by atoms with Crippen molar-refractivity contribution < 1.29 is 4.74 Å². The van der Waals surface area contributed by atoms with E-state index in [0.29, 0.717) is 12.0 Å². The lowest BCUT2D eigenvalue weighted by molar-refractivity contribution is 0.187. The van der Waals surface area contributed by atoms with E-state index in [1.54, 1.807) is 0 Å². The first-order valence-electron chi connectivity index (χ1n) is 6.29. The molecule has 3 heteroatoms. The molecule has 0 amide bonds. The van der Waals surface area contributed by atoms with E-state index in [1.165, 1.54) is 5.56 Å². The monoisotopic (exact) mass is 253 g/mol. The summed E-state index contributed by atoms with van der Waals surface area (Å²) in [7, 11) is 0. The molecule has 0 aromatic heterocycles. The van der Waals surface area contributed by atoms with Gasteiger partial charge < -0.3 is 10.1 Å². The van der Waals surface area contributed by atoms with Crippen LogP contribution in [0.25, 0.3) is 0 Å². The Labute approximate surface area is 108 Å². The van der Waals surface area contributed by atoms with Crippen LogP contribution in [0.15, 0.2) is 12.1 Å². The first-order chi connectivity index (χ1) is 8.13. The molecule has 0 saturated heterocycles. The highest BCUT2D eigenvalue weighted by Gasteiger charge is 2.28. The van der Waals surface area contributed by atoms with E-state index in [9.17, 15) is 0 Å². The molecule has 2 nitrogen and oxygen atoms in total. The Morgan fingerprint density at radius 2 is 2.24 bits per heavy atom. The highest BCUT2D eigenvalue weighted by atomic mass is 35.5. The molecule has 0 radical (unpaired) electrons. The number of fused-ring (bicyclic) bond motifs is 1. The molecule has 1 heterocycles. The van der Waals surface area contributed by atoms with Gasteiger partial charge in [-0.15, -0.1) is 0 Å². The summed E-state index contributed by atoms with van der Waals surface area (Å²) in [6.45, 7) is 8.25. The van der Waals surface area contributed by atoms with Gasteiger partial charge in [-0.2, -0.15) is 0 Å². The Morgan fingerprint density at radius 3 is 2.94 bits per heavy atom. The molecular formula is C14H20ClNO. The van der Waals surface area contributed by atoms with Gasteiger partial charge in [-0.3, -0.25) is 0 Å². The molecule has 2 rings (SSSR count). The quantitative estimate of drug-likeness (QED) is 0.887. The number of hydrogen-bond donors (Lipinski definition) is 1. The summed E-state index contributed by atoms with van der Waals surface area (Å²) in [4.78, 5) is 0. The number of rotatable bonds is 3. The number of ether oxygens (including phenoxy) is 1. The van der Waals surface area contributed by atoms with Crippen molar-refractivity contribution in [2.24, 2.45) is 5.92 Å². The second-order valence-corrected chi connectivity index (χ2v) is 5.30. The molecule has 0 aliphatic carbocycles. The van der Waals surface area contributed by atoms with E-state index >= 15 is 0 Å². The maximum atomic E-state index is 6.15. The van der Waals surface area contributed by atoms with Crippen molar-refractivity contribution in [2.45, 2.75) is 33.2 Å². The molecule has 0 spiro atoms. The maximum absolute atomic E-state index is 6.15. The topological polar surface area (TPSA) is 21.3 Å². The molecule has 0 fully saturated rings. The van der Waals surface area contributed by atoms with Crippen LogP contribution in [0.4, 0.5) is 0 Å². The Kier molecular flexibility index (Phi) is 3.95. The number of hydrogen-bond acceptors (Lipinski definition) is 2. The van der Waals surface area contributed by atoms with Crippen LogP contribution in [0.2, 0.25) is 5.02 Å². The smallest absolute Gasteiger partial charge is 0.127 e. The predicted molar refractivity (Wildman–Crippen MR) is 71.9 cm³/mol. The lowest BCUT2D eigenvalue weighted by Gasteiger charge is -2.33. The average molecular weight is 254 g/mol. The highest BCUT2D eigenvalue weighted by molar-refractivity contribution is 6.30. The Balaban J connectivity index is 2.36. The molecule has 94 valence electrons. The molecular weight excluding hydrogens is 234 g/mol. The molecule has 1 aliphatic heterocycles. The van der Waals surface area contributed by atoms with Gasteiger partial charge in [0.2, 0.25) is 0 Å². The minimum atomic E-state index is 0.357. The fourth-order valence-electron chi connectivity index (χ4n) is 2.41. The first-order valence-corrected chi connectivity index (χ1v) is 6.67. The molecule has 2 atom stereocenters. The van der Waals surface area contributed by atoms with E-state index in [1.807, 2.05) is 12.1 Å². The van der Waals surface area contributed by atoms with Gasteiger partial charge in [0.15, 0.2) is 0 Å². The summed E-state index contributed by atoms with van der Waals surface area (Å²) in [5.41, 5.74) is 2.34. The summed E-state index contributed by atoms with van der Waals surface area (Å²) in [6, 6.07) is 4.36. The summed E-state index contributed by atoms with van der Waals surface area (Å²) in [5, 5.41) is 4.39. The minimum Gasteiger partial charge on any atom is -0.493 e. The van der Waals surface area contributed by atoms with Gasteiger partial charge in [-0.1, -0.05) is 25.4 Å². The second-order valence-electron chi connectivity index (χ2n) is 4.86. The molecule has 1 aromatic carbocycles. The van der Waals surface area contributed by atoms with Crippen molar-refractivity contribution in [3.05, 3.63) is 28.3 Å². The average Bonchev–Trinajstić information content (AvgIpc) is 2.27. The minimum absolute atomic E-state index is 0.357. The summed E-state index contributed by atoms with van der Waals surface area (Å²) < 4.78 is 5.83. The van der Waals surface area contributed by atoms with Crippen molar-refractivity contribution in [3.8, 4) is 5.75 Å². The van der Waals surface area contributed by atoms with Gasteiger partial charge in [0.25, 0.3) is 0 Å². The van der Waals surface area contributed by atoms with Crippen LogP contribution in [0.3, 0.4) is 0 Å². The van der Waals surface area contributed by atoms with Crippen LogP contribution in [0, 0.1) is 12.8 Å². The predicted octanol–water partition coefficient (Wildman–Crippen LogP) is 3.72. The van der Waals surface area contributed by atoms with Crippen molar-refractivity contribution in [2.75, 3.05) is 13.2 Å². The SMILES string of the molecule is CCCNC1c2cc(Cl)cc(C)c2OCC1C. The van der Waals surface area contributed by atoms with Crippen molar-refractivity contribution >= 4 is 11.6 Å². The summed E-state index contributed by atoms with van der Waals surface area (Å²) in [6.07, 6.45) is 1.14. The molecule has 1 aromatic rings. The number of aryl methyl sites for hydroxylation is 1. The van der Waals surface area contributed by atoms with Gasteiger partial charge in [-0.05, 0) is 37.6 Å². The zero-order chi connectivity index (χ0) is 12.4. The van der Waals surface area contributed by atoms with E-state index in [-0.39, 0.29) is 0 Å². The third-order valence-corrected chi connectivity index (χ3v) is 3.50. The van der Waals surface area contributed by atoms with E-state index < -0.39 is 0 Å². The third kappa shape index (κ3) is 2.58. The first kappa shape index (κ1) is 12.7. The molecule has 0 saturated carbocycles. The van der Waals surface area contributed by atoms with E-state index in [4.69, 9.17) is 16.3 Å². The number of nitrogens with one attached hydrogen (secondary N) is 1. The number of benzene rings is 1. The Bertz CT molecular complexity index is 405. The largest absolute Gasteiger partial charge is 0.493 e. The standard InChI is InChI=1S/C14H20ClNO/c1-4-5-16-13-10(3)8-17-14-9(2)6-11(15)7-12(13)14/h6-7,10,13,16H,4-5,8H2,1-3H3. The van der Waals surface area contributed by atoms with Crippen LogP contribution in [0.5, 0.6) is 5.75 Å². The van der Waals surface area contributed by atoms with Gasteiger partial charge in [0, 0.05) is 22.5 Å². The molecule has 1 N–H and O–H groups in total. The van der Waals surface area contributed by atoms with Crippen molar-refractivity contribution in [1.29, 1.82) is 0 Å². The summed E-state index contributed by atoms with van der Waals surface area (Å²) in [5.74, 6) is 1.49. The summed E-state index contributed by atoms with van der Waals surface area (Å²) >= 11 is 6.15. The fourth-order valence-corrected chi connectivity index (χ4v) is 2.69.